The van der Waals surface area contributed by atoms with Gasteiger partial charge in [0.25, 0.3) is 0 Å². The third-order valence-electron chi connectivity index (χ3n) is 3.08. The third kappa shape index (κ3) is 2.58. The Balaban J connectivity index is 2.58. The molecule has 3 heteroatoms. The van der Waals surface area contributed by atoms with Gasteiger partial charge in [0, 0.05) is 19.7 Å². The Bertz CT molecular complexity index is 652. The summed E-state index contributed by atoms with van der Waals surface area (Å²) in [6, 6.07) is 12.2. The maximum Gasteiger partial charge on any atom is 0.146 e. The fraction of sp³-hybridized carbons (Fsp3) is 0.250. The Hall–Kier alpha value is -2.34. The van der Waals surface area contributed by atoms with E-state index in [0.717, 1.165) is 11.3 Å². The molecule has 0 bridgehead atoms. The van der Waals surface area contributed by atoms with Crippen molar-refractivity contribution in [3.63, 3.8) is 0 Å². The number of rotatable bonds is 2. The van der Waals surface area contributed by atoms with Crippen LogP contribution in [0.1, 0.15) is 16.7 Å². The van der Waals surface area contributed by atoms with Gasteiger partial charge in [-0.15, -0.1) is 0 Å². The molecule has 19 heavy (non-hydrogen) atoms. The minimum atomic E-state index is 0.596. The molecule has 0 aliphatic heterocycles. The van der Waals surface area contributed by atoms with E-state index in [1.54, 1.807) is 0 Å². The summed E-state index contributed by atoms with van der Waals surface area (Å²) in [4.78, 5) is 6.47. The maximum atomic E-state index is 9.10. The molecule has 0 N–H and O–H groups in total. The van der Waals surface area contributed by atoms with Crippen LogP contribution >= 0.6 is 0 Å². The number of nitriles is 1. The van der Waals surface area contributed by atoms with Gasteiger partial charge in [0.05, 0.1) is 11.3 Å². The quantitative estimate of drug-likeness (QED) is 0.822. The Morgan fingerprint density at radius 2 is 1.84 bits per heavy atom. The second kappa shape index (κ2) is 5.11. The molecule has 0 fully saturated rings. The van der Waals surface area contributed by atoms with Crippen molar-refractivity contribution in [2.24, 2.45) is 0 Å². The topological polar surface area (TPSA) is 39.9 Å². The summed E-state index contributed by atoms with van der Waals surface area (Å²) in [7, 11) is 3.80. The van der Waals surface area contributed by atoms with Crippen molar-refractivity contribution in [1.29, 1.82) is 5.26 Å². The van der Waals surface area contributed by atoms with Gasteiger partial charge in [0.15, 0.2) is 0 Å². The molecule has 0 unspecified atom stereocenters. The first-order valence-corrected chi connectivity index (χ1v) is 6.19. The van der Waals surface area contributed by atoms with Crippen LogP contribution in [-0.2, 0) is 0 Å². The SMILES string of the molecule is Cc1ccc(-c2ccc(C#N)c(N(C)C)n2)c(C)c1. The Morgan fingerprint density at radius 1 is 1.11 bits per heavy atom. The van der Waals surface area contributed by atoms with E-state index < -0.39 is 0 Å². The van der Waals surface area contributed by atoms with Crippen molar-refractivity contribution in [3.05, 3.63) is 47.0 Å². The standard InChI is InChI=1S/C16H17N3/c1-11-5-7-14(12(2)9-11)15-8-6-13(10-17)16(18-15)19(3)4/h5-9H,1-4H3. The van der Waals surface area contributed by atoms with Crippen LogP contribution in [0.3, 0.4) is 0 Å². The number of anilines is 1. The molecule has 96 valence electrons. The number of nitrogens with zero attached hydrogens (tertiary/aromatic N) is 3. The van der Waals surface area contributed by atoms with Crippen molar-refractivity contribution in [2.75, 3.05) is 19.0 Å². The minimum Gasteiger partial charge on any atom is -0.362 e. The molecule has 0 radical (unpaired) electrons. The molecule has 0 spiro atoms. The van der Waals surface area contributed by atoms with E-state index in [0.29, 0.717) is 11.4 Å². The molecular weight excluding hydrogens is 234 g/mol. The van der Waals surface area contributed by atoms with Gasteiger partial charge in [-0.25, -0.2) is 4.98 Å². The average molecular weight is 251 g/mol. The number of hydrogen-bond donors (Lipinski definition) is 0. The highest BCUT2D eigenvalue weighted by molar-refractivity contribution is 5.68. The van der Waals surface area contributed by atoms with Crippen LogP contribution in [0.2, 0.25) is 0 Å². The highest BCUT2D eigenvalue weighted by Gasteiger charge is 2.10. The fourth-order valence-electron chi connectivity index (χ4n) is 2.13. The molecule has 2 aromatic rings. The molecule has 1 heterocycles. The zero-order valence-electron chi connectivity index (χ0n) is 11.7. The van der Waals surface area contributed by atoms with Crippen LogP contribution in [0.15, 0.2) is 30.3 Å². The van der Waals surface area contributed by atoms with E-state index in [-0.39, 0.29) is 0 Å². The van der Waals surface area contributed by atoms with E-state index in [2.05, 4.69) is 43.1 Å². The monoisotopic (exact) mass is 251 g/mol. The molecule has 0 aliphatic rings. The van der Waals surface area contributed by atoms with Crippen molar-refractivity contribution in [3.8, 4) is 17.3 Å². The smallest absolute Gasteiger partial charge is 0.146 e. The highest BCUT2D eigenvalue weighted by atomic mass is 15.1. The summed E-state index contributed by atoms with van der Waals surface area (Å²) in [5, 5.41) is 9.10. The molecule has 1 aromatic heterocycles. The second-order valence-electron chi connectivity index (χ2n) is 4.89. The van der Waals surface area contributed by atoms with Gasteiger partial charge < -0.3 is 4.90 Å². The Morgan fingerprint density at radius 3 is 2.42 bits per heavy atom. The lowest BCUT2D eigenvalue weighted by molar-refractivity contribution is 1.06. The van der Waals surface area contributed by atoms with Gasteiger partial charge in [-0.2, -0.15) is 5.26 Å². The maximum absolute atomic E-state index is 9.10. The van der Waals surface area contributed by atoms with E-state index in [1.807, 2.05) is 31.1 Å². The van der Waals surface area contributed by atoms with Crippen LogP contribution in [0.5, 0.6) is 0 Å². The second-order valence-corrected chi connectivity index (χ2v) is 4.89. The van der Waals surface area contributed by atoms with Crippen molar-refractivity contribution in [2.45, 2.75) is 13.8 Å². The summed E-state index contributed by atoms with van der Waals surface area (Å²) in [6.07, 6.45) is 0. The van der Waals surface area contributed by atoms with Crippen molar-refractivity contribution in [1.82, 2.24) is 4.98 Å². The Labute approximate surface area is 114 Å². The Kier molecular flexibility index (Phi) is 3.52. The lowest BCUT2D eigenvalue weighted by Gasteiger charge is -2.15. The van der Waals surface area contributed by atoms with Gasteiger partial charge in [-0.1, -0.05) is 23.8 Å². The molecule has 0 amide bonds. The molecular formula is C16H17N3. The first-order valence-electron chi connectivity index (χ1n) is 6.19. The summed E-state index contributed by atoms with van der Waals surface area (Å²) in [5.41, 5.74) is 5.04. The molecule has 0 saturated carbocycles. The van der Waals surface area contributed by atoms with Gasteiger partial charge in [0.1, 0.15) is 11.9 Å². The number of pyridine rings is 1. The molecule has 1 aromatic carbocycles. The summed E-state index contributed by atoms with van der Waals surface area (Å²) in [5.74, 6) is 0.708. The van der Waals surface area contributed by atoms with Gasteiger partial charge in [0.2, 0.25) is 0 Å². The number of aryl methyl sites for hydroxylation is 2. The lowest BCUT2D eigenvalue weighted by atomic mass is 10.0. The summed E-state index contributed by atoms with van der Waals surface area (Å²) >= 11 is 0. The zero-order valence-corrected chi connectivity index (χ0v) is 11.7. The number of benzene rings is 1. The predicted molar refractivity (Wildman–Crippen MR) is 78.2 cm³/mol. The predicted octanol–water partition coefficient (Wildman–Crippen LogP) is 3.30. The van der Waals surface area contributed by atoms with Gasteiger partial charge in [-0.05, 0) is 31.5 Å². The van der Waals surface area contributed by atoms with Crippen molar-refractivity contribution >= 4 is 5.82 Å². The highest BCUT2D eigenvalue weighted by Crippen LogP contribution is 2.26. The van der Waals surface area contributed by atoms with E-state index in [1.165, 1.54) is 11.1 Å². The van der Waals surface area contributed by atoms with E-state index in [4.69, 9.17) is 5.26 Å². The lowest BCUT2D eigenvalue weighted by Crippen LogP contribution is -2.12. The average Bonchev–Trinajstić information content (AvgIpc) is 2.38. The number of aromatic nitrogens is 1. The van der Waals surface area contributed by atoms with Crippen molar-refractivity contribution < 1.29 is 0 Å². The first-order chi connectivity index (χ1) is 9.02. The summed E-state index contributed by atoms with van der Waals surface area (Å²) < 4.78 is 0. The molecule has 3 nitrogen and oxygen atoms in total. The number of hydrogen-bond acceptors (Lipinski definition) is 3. The molecule has 0 atom stereocenters. The van der Waals surface area contributed by atoms with E-state index >= 15 is 0 Å². The van der Waals surface area contributed by atoms with Crippen LogP contribution < -0.4 is 4.90 Å². The largest absolute Gasteiger partial charge is 0.362 e. The minimum absolute atomic E-state index is 0.596. The van der Waals surface area contributed by atoms with Gasteiger partial charge in [-0.3, -0.25) is 0 Å². The first kappa shape index (κ1) is 13.1. The van der Waals surface area contributed by atoms with Crippen LogP contribution in [0.25, 0.3) is 11.3 Å². The molecule has 2 rings (SSSR count). The van der Waals surface area contributed by atoms with Crippen LogP contribution in [0, 0.1) is 25.2 Å². The van der Waals surface area contributed by atoms with Gasteiger partial charge >= 0.3 is 0 Å². The summed E-state index contributed by atoms with van der Waals surface area (Å²) in [6.45, 7) is 4.16. The third-order valence-corrected chi connectivity index (χ3v) is 3.08. The molecule has 0 aliphatic carbocycles. The zero-order chi connectivity index (χ0) is 14.0. The molecule has 0 saturated heterocycles. The normalized spacial score (nSPS) is 10.1. The fourth-order valence-corrected chi connectivity index (χ4v) is 2.13. The van der Waals surface area contributed by atoms with Crippen LogP contribution in [-0.4, -0.2) is 19.1 Å². The van der Waals surface area contributed by atoms with E-state index in [9.17, 15) is 0 Å². The van der Waals surface area contributed by atoms with Crippen LogP contribution in [0.4, 0.5) is 5.82 Å².